The molecule has 0 fully saturated rings. The van der Waals surface area contributed by atoms with Crippen LogP contribution in [-0.4, -0.2) is 36.9 Å². The van der Waals surface area contributed by atoms with Gasteiger partial charge in [0.15, 0.2) is 0 Å². The largest absolute Gasteiger partial charge is 0.353 e. The highest BCUT2D eigenvalue weighted by molar-refractivity contribution is 5.75. The van der Waals surface area contributed by atoms with Crippen LogP contribution < -0.4 is 5.32 Å². The monoisotopic (exact) mass is 306 g/mol. The van der Waals surface area contributed by atoms with Gasteiger partial charge in [0.05, 0.1) is 11.5 Å². The summed E-state index contributed by atoms with van der Waals surface area (Å²) in [4.78, 5) is 22.3. The number of carbonyl (C=O) groups excluding carboxylic acids is 1. The summed E-state index contributed by atoms with van der Waals surface area (Å²) < 4.78 is 3.14. The lowest BCUT2D eigenvalue weighted by molar-refractivity contribution is -0.386. The van der Waals surface area contributed by atoms with Crippen molar-refractivity contribution in [1.29, 1.82) is 0 Å². The van der Waals surface area contributed by atoms with Crippen LogP contribution in [0.5, 0.6) is 0 Å². The molecule has 2 heterocycles. The minimum atomic E-state index is -0.437. The van der Waals surface area contributed by atoms with E-state index in [9.17, 15) is 14.9 Å². The molecule has 0 spiro atoms. The predicted molar refractivity (Wildman–Crippen MR) is 78.3 cm³/mol. The van der Waals surface area contributed by atoms with Crippen LogP contribution in [-0.2, 0) is 17.9 Å². The fourth-order valence-corrected chi connectivity index (χ4v) is 2.23. The molecular weight excluding hydrogens is 288 g/mol. The van der Waals surface area contributed by atoms with Gasteiger partial charge in [0, 0.05) is 18.4 Å². The van der Waals surface area contributed by atoms with Gasteiger partial charge in [-0.3, -0.25) is 24.3 Å². The van der Waals surface area contributed by atoms with Crippen LogP contribution in [0.2, 0.25) is 0 Å². The first kappa shape index (κ1) is 15.7. The van der Waals surface area contributed by atoms with E-state index < -0.39 is 4.92 Å². The van der Waals surface area contributed by atoms with Crippen LogP contribution in [0.4, 0.5) is 5.69 Å². The highest BCUT2D eigenvalue weighted by Gasteiger charge is 2.21. The molecule has 0 bridgehead atoms. The van der Waals surface area contributed by atoms with Crippen LogP contribution in [0.1, 0.15) is 17.1 Å². The van der Waals surface area contributed by atoms with Gasteiger partial charge in [-0.2, -0.15) is 10.2 Å². The van der Waals surface area contributed by atoms with E-state index in [0.717, 1.165) is 5.69 Å². The molecule has 0 aliphatic heterocycles. The maximum Gasteiger partial charge on any atom is 0.312 e. The third kappa shape index (κ3) is 3.30. The quantitative estimate of drug-likeness (QED) is 0.625. The van der Waals surface area contributed by atoms with E-state index in [-0.39, 0.29) is 18.1 Å². The van der Waals surface area contributed by atoms with Crippen molar-refractivity contribution in [3.8, 4) is 0 Å². The van der Waals surface area contributed by atoms with Crippen molar-refractivity contribution in [3.63, 3.8) is 0 Å². The Labute approximate surface area is 127 Å². The van der Waals surface area contributed by atoms with Crippen LogP contribution >= 0.6 is 0 Å². The van der Waals surface area contributed by atoms with Crippen molar-refractivity contribution in [2.24, 2.45) is 0 Å². The molecule has 9 heteroatoms. The molecule has 2 aromatic heterocycles. The first-order chi connectivity index (χ1) is 10.4. The summed E-state index contributed by atoms with van der Waals surface area (Å²) in [6, 6.07) is 1.82. The molecule has 0 saturated heterocycles. The number of nitrogens with one attached hydrogen (secondary N) is 1. The number of amides is 1. The van der Waals surface area contributed by atoms with E-state index in [1.54, 1.807) is 24.7 Å². The topological polar surface area (TPSA) is 108 Å². The fraction of sp³-hybridized carbons (Fsp3) is 0.462. The summed E-state index contributed by atoms with van der Waals surface area (Å²) in [6.07, 6.45) is 1.64. The van der Waals surface area contributed by atoms with Gasteiger partial charge in [0.25, 0.3) is 0 Å². The van der Waals surface area contributed by atoms with Crippen molar-refractivity contribution in [2.75, 3.05) is 6.54 Å². The average Bonchev–Trinajstić information content (AvgIpc) is 2.94. The highest BCUT2D eigenvalue weighted by Crippen LogP contribution is 2.21. The van der Waals surface area contributed by atoms with E-state index in [2.05, 4.69) is 15.5 Å². The van der Waals surface area contributed by atoms with Crippen molar-refractivity contribution < 1.29 is 9.72 Å². The lowest BCUT2D eigenvalue weighted by Gasteiger charge is -2.07. The Morgan fingerprint density at radius 3 is 2.64 bits per heavy atom. The zero-order valence-corrected chi connectivity index (χ0v) is 12.7. The molecule has 1 amide bonds. The lowest BCUT2D eigenvalue weighted by Crippen LogP contribution is -2.31. The lowest BCUT2D eigenvalue weighted by atomic mass is 10.3. The van der Waals surface area contributed by atoms with Gasteiger partial charge in [-0.25, -0.2) is 0 Å². The number of nitrogens with zero attached hydrogens (tertiary/aromatic N) is 5. The summed E-state index contributed by atoms with van der Waals surface area (Å²) in [5.41, 5.74) is 1.79. The van der Waals surface area contributed by atoms with Gasteiger partial charge in [0.1, 0.15) is 17.9 Å². The Hall–Kier alpha value is -2.71. The average molecular weight is 306 g/mol. The SMILES string of the molecule is Cc1nn(CCNC(=O)Cn2nccc2C)c(C)c1[N+](=O)[O-]. The third-order valence-corrected chi connectivity index (χ3v) is 3.39. The Balaban J connectivity index is 1.89. The smallest absolute Gasteiger partial charge is 0.312 e. The van der Waals surface area contributed by atoms with Crippen LogP contribution in [0, 0.1) is 30.9 Å². The third-order valence-electron chi connectivity index (χ3n) is 3.39. The first-order valence-electron chi connectivity index (χ1n) is 6.83. The highest BCUT2D eigenvalue weighted by atomic mass is 16.6. The second kappa shape index (κ2) is 6.37. The number of aromatic nitrogens is 4. The molecule has 9 nitrogen and oxygen atoms in total. The Morgan fingerprint density at radius 2 is 2.09 bits per heavy atom. The minimum absolute atomic E-state index is 0.0264. The molecule has 118 valence electrons. The molecule has 2 rings (SSSR count). The zero-order valence-electron chi connectivity index (χ0n) is 12.7. The number of nitro groups is 1. The molecule has 1 N–H and O–H groups in total. The molecule has 2 aromatic rings. The van der Waals surface area contributed by atoms with Crippen LogP contribution in [0.3, 0.4) is 0 Å². The van der Waals surface area contributed by atoms with Gasteiger partial charge in [0.2, 0.25) is 5.91 Å². The molecule has 0 saturated carbocycles. The molecule has 0 unspecified atom stereocenters. The molecular formula is C13H18N6O3. The normalized spacial score (nSPS) is 10.7. The Kier molecular flexibility index (Phi) is 4.54. The van der Waals surface area contributed by atoms with Crippen molar-refractivity contribution in [1.82, 2.24) is 24.9 Å². The second-order valence-electron chi connectivity index (χ2n) is 4.98. The van der Waals surface area contributed by atoms with Gasteiger partial charge in [-0.15, -0.1) is 0 Å². The van der Waals surface area contributed by atoms with Gasteiger partial charge in [-0.1, -0.05) is 0 Å². The van der Waals surface area contributed by atoms with E-state index in [1.165, 1.54) is 4.68 Å². The van der Waals surface area contributed by atoms with Gasteiger partial charge < -0.3 is 5.32 Å². The van der Waals surface area contributed by atoms with Gasteiger partial charge >= 0.3 is 5.69 Å². The van der Waals surface area contributed by atoms with Crippen molar-refractivity contribution in [2.45, 2.75) is 33.9 Å². The fourth-order valence-electron chi connectivity index (χ4n) is 2.23. The molecule has 0 aromatic carbocycles. The van der Waals surface area contributed by atoms with Crippen molar-refractivity contribution >= 4 is 11.6 Å². The summed E-state index contributed by atoms with van der Waals surface area (Å²) >= 11 is 0. The molecule has 0 radical (unpaired) electrons. The van der Waals surface area contributed by atoms with Crippen LogP contribution in [0.15, 0.2) is 12.3 Å². The van der Waals surface area contributed by atoms with Crippen LogP contribution in [0.25, 0.3) is 0 Å². The minimum Gasteiger partial charge on any atom is -0.353 e. The van der Waals surface area contributed by atoms with E-state index in [4.69, 9.17) is 0 Å². The van der Waals surface area contributed by atoms with Gasteiger partial charge in [-0.05, 0) is 26.8 Å². The number of carbonyl (C=O) groups is 1. The van der Waals surface area contributed by atoms with E-state index in [1.807, 2.05) is 13.0 Å². The maximum absolute atomic E-state index is 11.8. The molecule has 0 aliphatic carbocycles. The summed E-state index contributed by atoms with van der Waals surface area (Å²) in [7, 11) is 0. The molecule has 22 heavy (non-hydrogen) atoms. The summed E-state index contributed by atoms with van der Waals surface area (Å²) in [6.45, 7) is 5.99. The summed E-state index contributed by atoms with van der Waals surface area (Å²) in [5, 5.41) is 21.8. The second-order valence-corrected chi connectivity index (χ2v) is 4.98. The number of hydrogen-bond donors (Lipinski definition) is 1. The molecule has 0 aliphatic rings. The number of aryl methyl sites for hydroxylation is 2. The van der Waals surface area contributed by atoms with Crippen molar-refractivity contribution in [3.05, 3.63) is 39.5 Å². The first-order valence-corrected chi connectivity index (χ1v) is 6.83. The Bertz CT molecular complexity index is 703. The number of rotatable bonds is 6. The zero-order chi connectivity index (χ0) is 16.3. The van der Waals surface area contributed by atoms with E-state index >= 15 is 0 Å². The standard InChI is InChI=1S/C13H18N6O3/c1-9-4-5-15-18(9)8-12(20)14-6-7-17-11(3)13(19(21)22)10(2)16-17/h4-5H,6-8H2,1-3H3,(H,14,20). The Morgan fingerprint density at radius 1 is 1.36 bits per heavy atom. The molecule has 0 atom stereocenters. The predicted octanol–water partition coefficient (Wildman–Crippen LogP) is 0.729. The van der Waals surface area contributed by atoms with E-state index in [0.29, 0.717) is 24.5 Å². The summed E-state index contributed by atoms with van der Waals surface area (Å²) in [5.74, 6) is -0.164. The number of hydrogen-bond acceptors (Lipinski definition) is 5. The maximum atomic E-state index is 11.8.